The molecule has 1 heterocycles. The van der Waals surface area contributed by atoms with Crippen LogP contribution in [0, 0.1) is 0 Å². The minimum atomic E-state index is -4.41. The van der Waals surface area contributed by atoms with Crippen molar-refractivity contribution >= 4 is 5.91 Å². The molecule has 0 fully saturated rings. The van der Waals surface area contributed by atoms with Gasteiger partial charge >= 0.3 is 6.18 Å². The van der Waals surface area contributed by atoms with E-state index in [1.807, 2.05) is 0 Å². The lowest BCUT2D eigenvalue weighted by Gasteiger charge is -2.12. The quantitative estimate of drug-likeness (QED) is 0.870. The molecule has 0 atom stereocenters. The maximum atomic E-state index is 12.9. The van der Waals surface area contributed by atoms with Crippen LogP contribution in [0.4, 0.5) is 13.2 Å². The average Bonchev–Trinajstić information content (AvgIpc) is 2.85. The van der Waals surface area contributed by atoms with Crippen LogP contribution >= 0.6 is 0 Å². The second-order valence-corrected chi connectivity index (χ2v) is 4.94. The van der Waals surface area contributed by atoms with Gasteiger partial charge in [0.25, 0.3) is 0 Å². The van der Waals surface area contributed by atoms with Crippen LogP contribution < -0.4 is 0 Å². The Bertz CT molecular complexity index is 666. The van der Waals surface area contributed by atoms with Gasteiger partial charge in [-0.25, -0.2) is 4.68 Å². The fourth-order valence-electron chi connectivity index (χ4n) is 1.95. The molecule has 0 bridgehead atoms. The van der Waals surface area contributed by atoms with Crippen molar-refractivity contribution < 1.29 is 18.0 Å². The van der Waals surface area contributed by atoms with Gasteiger partial charge in [0.2, 0.25) is 5.91 Å². The van der Waals surface area contributed by atoms with Gasteiger partial charge in [-0.3, -0.25) is 4.79 Å². The second kappa shape index (κ2) is 6.17. The molecular weight excluding hydrogens is 297 g/mol. The summed E-state index contributed by atoms with van der Waals surface area (Å²) in [6.07, 6.45) is -2.87. The maximum absolute atomic E-state index is 12.9. The van der Waals surface area contributed by atoms with Crippen LogP contribution in [0.15, 0.2) is 30.5 Å². The van der Waals surface area contributed by atoms with E-state index in [0.29, 0.717) is 5.69 Å². The molecule has 1 aromatic heterocycles. The van der Waals surface area contributed by atoms with Crippen LogP contribution in [0.5, 0.6) is 0 Å². The van der Waals surface area contributed by atoms with E-state index in [2.05, 4.69) is 10.3 Å². The molecule has 118 valence electrons. The van der Waals surface area contributed by atoms with E-state index in [1.54, 1.807) is 13.1 Å². The van der Waals surface area contributed by atoms with E-state index >= 15 is 0 Å². The normalized spacial score (nSPS) is 11.5. The van der Waals surface area contributed by atoms with E-state index in [1.165, 1.54) is 34.8 Å². The molecule has 0 radical (unpaired) electrons. The molecule has 0 N–H and O–H groups in total. The zero-order valence-electron chi connectivity index (χ0n) is 12.1. The molecule has 1 amide bonds. The highest BCUT2D eigenvalue weighted by Crippen LogP contribution is 2.32. The van der Waals surface area contributed by atoms with Gasteiger partial charge in [-0.15, -0.1) is 5.10 Å². The summed E-state index contributed by atoms with van der Waals surface area (Å²) in [5, 5.41) is 7.67. The molecule has 0 unspecified atom stereocenters. The molecule has 0 spiro atoms. The third-order valence-corrected chi connectivity index (χ3v) is 3.18. The van der Waals surface area contributed by atoms with Gasteiger partial charge in [0, 0.05) is 14.0 Å². The number of carbonyl (C=O) groups excluding carboxylic acids is 1. The third-order valence-electron chi connectivity index (χ3n) is 3.18. The first-order valence-corrected chi connectivity index (χ1v) is 6.53. The molecule has 5 nitrogen and oxygen atoms in total. The van der Waals surface area contributed by atoms with Crippen molar-refractivity contribution in [3.63, 3.8) is 0 Å². The average molecular weight is 312 g/mol. The summed E-state index contributed by atoms with van der Waals surface area (Å²) in [4.78, 5) is 12.6. The Balaban J connectivity index is 2.16. The zero-order valence-corrected chi connectivity index (χ0v) is 12.1. The fourth-order valence-corrected chi connectivity index (χ4v) is 1.95. The summed E-state index contributed by atoms with van der Waals surface area (Å²) in [6, 6.07) is 5.34. The zero-order chi connectivity index (χ0) is 16.3. The fraction of sp³-hybridized carbons (Fsp3) is 0.357. The van der Waals surface area contributed by atoms with Gasteiger partial charge in [-0.05, 0) is 11.6 Å². The number of carbonyl (C=O) groups is 1. The minimum Gasteiger partial charge on any atom is -0.340 e. The summed E-state index contributed by atoms with van der Waals surface area (Å²) < 4.78 is 40.1. The van der Waals surface area contributed by atoms with Crippen molar-refractivity contribution in [2.45, 2.75) is 26.2 Å². The van der Waals surface area contributed by atoms with Crippen LogP contribution in [-0.4, -0.2) is 32.8 Å². The van der Waals surface area contributed by atoms with E-state index in [9.17, 15) is 18.0 Å². The Morgan fingerprint density at radius 3 is 2.64 bits per heavy atom. The first kappa shape index (κ1) is 16.0. The highest BCUT2D eigenvalue weighted by Gasteiger charge is 2.32. The monoisotopic (exact) mass is 312 g/mol. The van der Waals surface area contributed by atoms with Crippen LogP contribution in [-0.2, 0) is 24.1 Å². The predicted octanol–water partition coefficient (Wildman–Crippen LogP) is 2.32. The summed E-state index contributed by atoms with van der Waals surface area (Å²) in [5.41, 5.74) is -0.0542. The van der Waals surface area contributed by atoms with Gasteiger partial charge in [0.05, 0.1) is 24.8 Å². The summed E-state index contributed by atoms with van der Waals surface area (Å²) in [5.74, 6) is -0.128. The standard InChI is InChI=1S/C14H15F3N4O/c1-10(22)20(2)8-12-9-21(19-18-12)7-11-5-3-4-6-13(11)14(15,16)17/h3-6,9H,7-8H2,1-2H3. The smallest absolute Gasteiger partial charge is 0.340 e. The second-order valence-electron chi connectivity index (χ2n) is 4.94. The molecule has 0 aliphatic carbocycles. The molecule has 2 rings (SSSR count). The summed E-state index contributed by atoms with van der Waals surface area (Å²) >= 11 is 0. The highest BCUT2D eigenvalue weighted by molar-refractivity contribution is 5.72. The van der Waals surface area contributed by atoms with Crippen molar-refractivity contribution in [1.29, 1.82) is 0 Å². The van der Waals surface area contributed by atoms with Crippen molar-refractivity contribution in [1.82, 2.24) is 19.9 Å². The van der Waals surface area contributed by atoms with Gasteiger partial charge in [0.1, 0.15) is 5.69 Å². The number of benzene rings is 1. The number of alkyl halides is 3. The number of hydrogen-bond acceptors (Lipinski definition) is 3. The van der Waals surface area contributed by atoms with Crippen molar-refractivity contribution in [2.24, 2.45) is 0 Å². The van der Waals surface area contributed by atoms with Crippen LogP contribution in [0.25, 0.3) is 0 Å². The summed E-state index contributed by atoms with van der Waals surface area (Å²) in [6.45, 7) is 1.65. The van der Waals surface area contributed by atoms with Crippen molar-refractivity contribution in [2.75, 3.05) is 7.05 Å². The number of halogens is 3. The van der Waals surface area contributed by atoms with E-state index in [4.69, 9.17) is 0 Å². The van der Waals surface area contributed by atoms with Gasteiger partial charge in [0.15, 0.2) is 0 Å². The first-order valence-electron chi connectivity index (χ1n) is 6.53. The Morgan fingerprint density at radius 1 is 1.32 bits per heavy atom. The number of hydrogen-bond donors (Lipinski definition) is 0. The molecule has 2 aromatic rings. The Kier molecular flexibility index (Phi) is 4.48. The first-order chi connectivity index (χ1) is 10.3. The van der Waals surface area contributed by atoms with Gasteiger partial charge in [-0.1, -0.05) is 23.4 Å². The number of aromatic nitrogens is 3. The molecule has 8 heteroatoms. The molecule has 0 saturated carbocycles. The largest absolute Gasteiger partial charge is 0.416 e. The predicted molar refractivity (Wildman–Crippen MR) is 72.7 cm³/mol. The lowest BCUT2D eigenvalue weighted by Crippen LogP contribution is -2.23. The van der Waals surface area contributed by atoms with E-state index in [-0.39, 0.29) is 24.6 Å². The summed E-state index contributed by atoms with van der Waals surface area (Å²) in [7, 11) is 1.61. The van der Waals surface area contributed by atoms with Crippen LogP contribution in [0.2, 0.25) is 0 Å². The molecular formula is C14H15F3N4O. The molecule has 0 aliphatic rings. The molecule has 1 aromatic carbocycles. The van der Waals surface area contributed by atoms with Gasteiger partial charge < -0.3 is 4.90 Å². The van der Waals surface area contributed by atoms with Crippen LogP contribution in [0.1, 0.15) is 23.7 Å². The highest BCUT2D eigenvalue weighted by atomic mass is 19.4. The Morgan fingerprint density at radius 2 is 2.00 bits per heavy atom. The number of amides is 1. The minimum absolute atomic E-state index is 0.0352. The lowest BCUT2D eigenvalue weighted by atomic mass is 10.1. The third kappa shape index (κ3) is 3.84. The molecule has 22 heavy (non-hydrogen) atoms. The van der Waals surface area contributed by atoms with Crippen molar-refractivity contribution in [3.8, 4) is 0 Å². The van der Waals surface area contributed by atoms with Gasteiger partial charge in [-0.2, -0.15) is 13.2 Å². The van der Waals surface area contributed by atoms with E-state index in [0.717, 1.165) is 6.07 Å². The van der Waals surface area contributed by atoms with Crippen LogP contribution in [0.3, 0.4) is 0 Å². The number of nitrogens with zero attached hydrogens (tertiary/aromatic N) is 4. The lowest BCUT2D eigenvalue weighted by molar-refractivity contribution is -0.138. The number of rotatable bonds is 4. The SMILES string of the molecule is CC(=O)N(C)Cc1cn(Cc2ccccc2C(F)(F)F)nn1. The molecule has 0 aliphatic heterocycles. The van der Waals surface area contributed by atoms with Crippen molar-refractivity contribution in [3.05, 3.63) is 47.3 Å². The van der Waals surface area contributed by atoms with E-state index < -0.39 is 11.7 Å². The Hall–Kier alpha value is -2.38. The Labute approximate surface area is 125 Å². The topological polar surface area (TPSA) is 51.0 Å². The maximum Gasteiger partial charge on any atom is 0.416 e. The molecule has 0 saturated heterocycles.